The summed E-state index contributed by atoms with van der Waals surface area (Å²) in [5, 5.41) is 10.5. The maximum absolute atomic E-state index is 16.3. The maximum Gasteiger partial charge on any atom is 0.330 e. The number of fused-ring (bicyclic) bond motifs is 1. The van der Waals surface area contributed by atoms with Gasteiger partial charge in [-0.15, -0.1) is 0 Å². The van der Waals surface area contributed by atoms with Gasteiger partial charge in [-0.25, -0.2) is 13.4 Å². The molecule has 8 nitrogen and oxygen atoms in total. The zero-order valence-electron chi connectivity index (χ0n) is 21.6. The number of anilines is 1. The van der Waals surface area contributed by atoms with Gasteiger partial charge < -0.3 is 14.6 Å². The summed E-state index contributed by atoms with van der Waals surface area (Å²) in [4.78, 5) is 11.8. The Kier molecular flexibility index (Phi) is 7.61. The van der Waals surface area contributed by atoms with Gasteiger partial charge in [-0.3, -0.25) is 4.79 Å². The number of rotatable bonds is 9. The number of aliphatic hydroxyl groups is 1. The van der Waals surface area contributed by atoms with E-state index < -0.39 is 21.9 Å². The molecule has 0 unspecified atom stereocenters. The Morgan fingerprint density at radius 3 is 2.45 bits per heavy atom. The summed E-state index contributed by atoms with van der Waals surface area (Å²) in [6.45, 7) is 2.16. The summed E-state index contributed by atoms with van der Waals surface area (Å²) in [6, 6.07) is 23.6. The SMILES string of the molecule is CCOC(=O)CCc1cccc(-c2ccc3cc(OCc4ccccc4)c(N4C=C(O)NS4(=O)=O)c(F)c3c2)c1. The van der Waals surface area contributed by atoms with E-state index in [-0.39, 0.29) is 35.8 Å². The summed E-state index contributed by atoms with van der Waals surface area (Å²) in [5.41, 5.74) is 2.90. The van der Waals surface area contributed by atoms with Crippen molar-refractivity contribution in [3.63, 3.8) is 0 Å². The molecular formula is C30H27FN2O6S. The van der Waals surface area contributed by atoms with E-state index >= 15 is 4.39 Å². The minimum absolute atomic E-state index is 0.00103. The van der Waals surface area contributed by atoms with Gasteiger partial charge in [0.25, 0.3) is 0 Å². The van der Waals surface area contributed by atoms with Gasteiger partial charge in [0.15, 0.2) is 5.82 Å². The third-order valence-electron chi connectivity index (χ3n) is 6.39. The fourth-order valence-corrected chi connectivity index (χ4v) is 5.57. The normalized spacial score (nSPS) is 14.1. The molecule has 0 amide bonds. The smallest absolute Gasteiger partial charge is 0.330 e. The predicted octanol–water partition coefficient (Wildman–Crippen LogP) is 5.73. The first kappa shape index (κ1) is 27.0. The van der Waals surface area contributed by atoms with Crippen molar-refractivity contribution in [1.29, 1.82) is 0 Å². The molecule has 10 heteroatoms. The molecule has 1 aliphatic heterocycles. The number of ether oxygens (including phenoxy) is 2. The van der Waals surface area contributed by atoms with E-state index in [4.69, 9.17) is 9.47 Å². The molecule has 4 aromatic carbocycles. The summed E-state index contributed by atoms with van der Waals surface area (Å²) in [5.74, 6) is -1.73. The van der Waals surface area contributed by atoms with Gasteiger partial charge >= 0.3 is 16.2 Å². The number of hydrogen-bond donors (Lipinski definition) is 2. The molecule has 0 radical (unpaired) electrons. The lowest BCUT2D eigenvalue weighted by atomic mass is 9.97. The summed E-state index contributed by atoms with van der Waals surface area (Å²) in [6.07, 6.45) is 1.64. The number of halogens is 1. The number of hydrogen-bond acceptors (Lipinski definition) is 6. The number of aryl methyl sites for hydroxylation is 1. The highest BCUT2D eigenvalue weighted by atomic mass is 32.2. The van der Waals surface area contributed by atoms with Crippen LogP contribution in [-0.2, 0) is 32.8 Å². The quantitative estimate of drug-likeness (QED) is 0.253. The number of nitrogens with zero attached hydrogens (tertiary/aromatic N) is 1. The van der Waals surface area contributed by atoms with Crippen LogP contribution >= 0.6 is 0 Å². The molecule has 0 atom stereocenters. The van der Waals surface area contributed by atoms with Crippen LogP contribution < -0.4 is 13.8 Å². The summed E-state index contributed by atoms with van der Waals surface area (Å²) in [7, 11) is -4.29. The van der Waals surface area contributed by atoms with Crippen LogP contribution in [0.15, 0.2) is 90.9 Å². The van der Waals surface area contributed by atoms with Gasteiger partial charge in [0.2, 0.25) is 5.88 Å². The van der Waals surface area contributed by atoms with Gasteiger partial charge in [0.1, 0.15) is 18.0 Å². The Morgan fingerprint density at radius 2 is 1.73 bits per heavy atom. The zero-order chi connectivity index (χ0) is 28.3. The van der Waals surface area contributed by atoms with Crippen molar-refractivity contribution in [2.45, 2.75) is 26.4 Å². The van der Waals surface area contributed by atoms with Crippen LogP contribution in [0, 0.1) is 5.82 Å². The third-order valence-corrected chi connectivity index (χ3v) is 7.66. The van der Waals surface area contributed by atoms with Crippen molar-refractivity contribution in [3.05, 3.63) is 108 Å². The molecule has 0 fully saturated rings. The number of esters is 1. The van der Waals surface area contributed by atoms with Crippen LogP contribution in [0.5, 0.6) is 5.75 Å². The van der Waals surface area contributed by atoms with Crippen LogP contribution in [0.25, 0.3) is 21.9 Å². The van der Waals surface area contributed by atoms with Gasteiger partial charge in [0.05, 0.1) is 12.8 Å². The van der Waals surface area contributed by atoms with Gasteiger partial charge in [0, 0.05) is 11.8 Å². The van der Waals surface area contributed by atoms with Crippen LogP contribution in [0.1, 0.15) is 24.5 Å². The van der Waals surface area contributed by atoms with Crippen LogP contribution in [-0.4, -0.2) is 26.1 Å². The third kappa shape index (κ3) is 5.72. The lowest BCUT2D eigenvalue weighted by Crippen LogP contribution is -2.30. The number of nitrogens with one attached hydrogen (secondary N) is 1. The molecular weight excluding hydrogens is 535 g/mol. The second kappa shape index (κ2) is 11.3. The van der Waals surface area contributed by atoms with Crippen molar-refractivity contribution in [1.82, 2.24) is 4.72 Å². The van der Waals surface area contributed by atoms with Crippen LogP contribution in [0.4, 0.5) is 10.1 Å². The van der Waals surface area contributed by atoms with E-state index in [0.29, 0.717) is 28.3 Å². The molecule has 1 heterocycles. The van der Waals surface area contributed by atoms with Crippen LogP contribution in [0.3, 0.4) is 0 Å². The Bertz CT molecular complexity index is 1710. The molecule has 0 aliphatic carbocycles. The molecule has 1 aliphatic rings. The molecule has 206 valence electrons. The summed E-state index contributed by atoms with van der Waals surface area (Å²) < 4.78 is 55.2. The Morgan fingerprint density at radius 1 is 0.975 bits per heavy atom. The molecule has 0 saturated carbocycles. The topological polar surface area (TPSA) is 105 Å². The second-order valence-electron chi connectivity index (χ2n) is 9.17. The van der Waals surface area contributed by atoms with E-state index in [9.17, 15) is 18.3 Å². The molecule has 40 heavy (non-hydrogen) atoms. The van der Waals surface area contributed by atoms with Crippen molar-refractivity contribution >= 4 is 32.6 Å². The lowest BCUT2D eigenvalue weighted by Gasteiger charge is -2.21. The van der Waals surface area contributed by atoms with Crippen LogP contribution in [0.2, 0.25) is 0 Å². The van der Waals surface area contributed by atoms with Crippen molar-refractivity contribution in [3.8, 4) is 16.9 Å². The number of aliphatic hydroxyl groups excluding tert-OH is 1. The van der Waals surface area contributed by atoms with E-state index in [2.05, 4.69) is 0 Å². The molecule has 2 N–H and O–H groups in total. The van der Waals surface area contributed by atoms with E-state index in [0.717, 1.165) is 22.9 Å². The fourth-order valence-electron chi connectivity index (χ4n) is 4.51. The highest BCUT2D eigenvalue weighted by molar-refractivity contribution is 7.91. The minimum Gasteiger partial charge on any atom is -0.493 e. The number of carbonyl (C=O) groups excluding carboxylic acids is 1. The Balaban J connectivity index is 1.55. The van der Waals surface area contributed by atoms with Gasteiger partial charge in [-0.05, 0) is 53.1 Å². The van der Waals surface area contributed by atoms with Crippen molar-refractivity contribution in [2.24, 2.45) is 0 Å². The van der Waals surface area contributed by atoms with Crippen molar-refractivity contribution in [2.75, 3.05) is 10.9 Å². The maximum atomic E-state index is 16.3. The minimum atomic E-state index is -4.29. The molecule has 5 rings (SSSR count). The highest BCUT2D eigenvalue weighted by Gasteiger charge is 2.34. The Labute approximate surface area is 231 Å². The highest BCUT2D eigenvalue weighted by Crippen LogP contribution is 2.41. The largest absolute Gasteiger partial charge is 0.493 e. The molecule has 4 aromatic rings. The average Bonchev–Trinajstić information content (AvgIpc) is 3.22. The lowest BCUT2D eigenvalue weighted by molar-refractivity contribution is -0.143. The van der Waals surface area contributed by atoms with Crippen molar-refractivity contribution < 1.29 is 32.2 Å². The summed E-state index contributed by atoms with van der Waals surface area (Å²) >= 11 is 0. The zero-order valence-corrected chi connectivity index (χ0v) is 22.4. The standard InChI is InChI=1S/C30H27FN2O6S/c1-2-38-28(35)14-11-20-9-6-10-22(15-20)23-12-13-24-17-26(39-19-21-7-4-3-5-8-21)30(29(31)25(24)16-23)33-18-27(34)32-40(33,36)37/h3-10,12-13,15-18,32,34H,2,11,14,19H2,1H3. The van der Waals surface area contributed by atoms with E-state index in [1.54, 1.807) is 25.1 Å². The first-order valence-electron chi connectivity index (χ1n) is 12.7. The first-order chi connectivity index (χ1) is 19.2. The molecule has 0 saturated heterocycles. The van der Waals surface area contributed by atoms with Gasteiger partial charge in [-0.2, -0.15) is 8.42 Å². The monoisotopic (exact) mass is 562 g/mol. The molecule has 0 spiro atoms. The number of benzene rings is 4. The van der Waals surface area contributed by atoms with E-state index in [1.165, 1.54) is 0 Å². The molecule has 0 aromatic heterocycles. The van der Waals surface area contributed by atoms with E-state index in [1.807, 2.05) is 65.4 Å². The predicted molar refractivity (Wildman–Crippen MR) is 150 cm³/mol. The molecule has 0 bridgehead atoms. The Hall–Kier alpha value is -4.57. The first-order valence-corrected chi connectivity index (χ1v) is 14.1. The second-order valence-corrected chi connectivity index (χ2v) is 10.7. The average molecular weight is 563 g/mol. The van der Waals surface area contributed by atoms with Gasteiger partial charge in [-0.1, -0.05) is 66.7 Å². The number of carbonyl (C=O) groups is 1. The fraction of sp³-hybridized carbons (Fsp3) is 0.167.